The van der Waals surface area contributed by atoms with Gasteiger partial charge in [-0.05, 0) is 12.8 Å². The first-order chi connectivity index (χ1) is 6.04. The van der Waals surface area contributed by atoms with Crippen molar-refractivity contribution in [3.63, 3.8) is 0 Å². The molecule has 1 unspecified atom stereocenters. The van der Waals surface area contributed by atoms with Crippen LogP contribution in [0.4, 0.5) is 0 Å². The SMILES string of the molecule is O=C=NC(C(=O)O)C1(C(=O)O)CC1. The van der Waals surface area contributed by atoms with Crippen molar-refractivity contribution >= 4 is 18.0 Å². The van der Waals surface area contributed by atoms with E-state index in [2.05, 4.69) is 4.99 Å². The summed E-state index contributed by atoms with van der Waals surface area (Å²) in [6.45, 7) is 0. The van der Waals surface area contributed by atoms with E-state index in [1.54, 1.807) is 0 Å². The van der Waals surface area contributed by atoms with E-state index >= 15 is 0 Å². The molecule has 0 amide bonds. The summed E-state index contributed by atoms with van der Waals surface area (Å²) in [7, 11) is 0. The molecule has 0 aliphatic heterocycles. The average molecular weight is 185 g/mol. The van der Waals surface area contributed by atoms with E-state index in [1.165, 1.54) is 0 Å². The maximum absolute atomic E-state index is 10.7. The summed E-state index contributed by atoms with van der Waals surface area (Å²) in [5.74, 6) is -2.62. The molecule has 1 aliphatic carbocycles. The van der Waals surface area contributed by atoms with E-state index in [0.29, 0.717) is 0 Å². The highest BCUT2D eigenvalue weighted by atomic mass is 16.4. The van der Waals surface area contributed by atoms with Gasteiger partial charge in [-0.3, -0.25) is 4.79 Å². The van der Waals surface area contributed by atoms with E-state index in [1.807, 2.05) is 0 Å². The highest BCUT2D eigenvalue weighted by Gasteiger charge is 2.59. The maximum atomic E-state index is 10.7. The smallest absolute Gasteiger partial charge is 0.330 e. The fourth-order valence-electron chi connectivity index (χ4n) is 1.21. The number of carboxylic acids is 2. The second-order valence-corrected chi connectivity index (χ2v) is 2.92. The Labute approximate surface area is 72.9 Å². The van der Waals surface area contributed by atoms with Crippen LogP contribution in [-0.2, 0) is 14.4 Å². The zero-order chi connectivity index (χ0) is 10.1. The average Bonchev–Trinajstić information content (AvgIpc) is 2.79. The fraction of sp³-hybridized carbons (Fsp3) is 0.571. The fourth-order valence-corrected chi connectivity index (χ4v) is 1.21. The molecule has 2 N–H and O–H groups in total. The minimum absolute atomic E-state index is 0.241. The third kappa shape index (κ3) is 1.43. The lowest BCUT2D eigenvalue weighted by molar-refractivity contribution is -0.151. The lowest BCUT2D eigenvalue weighted by atomic mass is 9.97. The zero-order valence-corrected chi connectivity index (χ0v) is 6.56. The van der Waals surface area contributed by atoms with E-state index < -0.39 is 23.4 Å². The number of nitrogens with zero attached hydrogens (tertiary/aromatic N) is 1. The van der Waals surface area contributed by atoms with Crippen LogP contribution in [0.5, 0.6) is 0 Å². The van der Waals surface area contributed by atoms with E-state index in [9.17, 15) is 14.4 Å². The second kappa shape index (κ2) is 2.99. The summed E-state index contributed by atoms with van der Waals surface area (Å²) >= 11 is 0. The van der Waals surface area contributed by atoms with Crippen molar-refractivity contribution in [3.05, 3.63) is 0 Å². The molecule has 0 heterocycles. The van der Waals surface area contributed by atoms with Gasteiger partial charge in [0.25, 0.3) is 0 Å². The summed E-state index contributed by atoms with van der Waals surface area (Å²) in [6, 6.07) is -1.50. The predicted molar refractivity (Wildman–Crippen MR) is 38.8 cm³/mol. The van der Waals surface area contributed by atoms with Crippen LogP contribution in [0, 0.1) is 5.41 Å². The van der Waals surface area contributed by atoms with Gasteiger partial charge in [0.2, 0.25) is 6.08 Å². The number of hydrogen-bond donors (Lipinski definition) is 2. The molecule has 1 aliphatic rings. The predicted octanol–water partition coefficient (Wildman–Crippen LogP) is -0.360. The largest absolute Gasteiger partial charge is 0.481 e. The Kier molecular flexibility index (Phi) is 2.16. The summed E-state index contributed by atoms with van der Waals surface area (Å²) in [5, 5.41) is 17.3. The van der Waals surface area contributed by atoms with Gasteiger partial charge in [-0.15, -0.1) is 0 Å². The second-order valence-electron chi connectivity index (χ2n) is 2.92. The number of rotatable bonds is 4. The molecule has 1 atom stereocenters. The third-order valence-electron chi connectivity index (χ3n) is 2.15. The maximum Gasteiger partial charge on any atom is 0.330 e. The number of aliphatic carboxylic acids is 2. The summed E-state index contributed by atoms with van der Waals surface area (Å²) in [4.78, 5) is 34.1. The van der Waals surface area contributed by atoms with Gasteiger partial charge < -0.3 is 10.2 Å². The van der Waals surface area contributed by atoms with Gasteiger partial charge in [0.1, 0.15) is 5.41 Å². The van der Waals surface area contributed by atoms with Crippen molar-refractivity contribution < 1.29 is 24.6 Å². The number of carbonyl (C=O) groups is 2. The number of carbonyl (C=O) groups excluding carboxylic acids is 1. The Morgan fingerprint density at radius 1 is 1.38 bits per heavy atom. The topological polar surface area (TPSA) is 104 Å². The molecule has 0 aromatic rings. The van der Waals surface area contributed by atoms with Crippen molar-refractivity contribution in [1.82, 2.24) is 0 Å². The molecule has 6 nitrogen and oxygen atoms in total. The van der Waals surface area contributed by atoms with Crippen LogP contribution in [0.15, 0.2) is 4.99 Å². The minimum Gasteiger partial charge on any atom is -0.481 e. The Balaban J connectivity index is 2.94. The van der Waals surface area contributed by atoms with Crippen LogP contribution in [-0.4, -0.2) is 34.3 Å². The van der Waals surface area contributed by atoms with Crippen molar-refractivity contribution in [3.8, 4) is 0 Å². The number of carboxylic acid groups (broad SMARTS) is 2. The number of hydrogen-bond acceptors (Lipinski definition) is 4. The number of aliphatic imine (C=N–C) groups is 1. The van der Waals surface area contributed by atoms with E-state index in [0.717, 1.165) is 6.08 Å². The highest BCUT2D eigenvalue weighted by molar-refractivity contribution is 5.88. The first-order valence-corrected chi connectivity index (χ1v) is 3.58. The molecule has 0 aromatic heterocycles. The molecule has 1 saturated carbocycles. The van der Waals surface area contributed by atoms with Gasteiger partial charge in [0, 0.05) is 0 Å². The lowest BCUT2D eigenvalue weighted by Crippen LogP contribution is -2.35. The van der Waals surface area contributed by atoms with Crippen molar-refractivity contribution in [2.45, 2.75) is 18.9 Å². The summed E-state index contributed by atoms with van der Waals surface area (Å²) in [5.41, 5.74) is -1.37. The highest BCUT2D eigenvalue weighted by Crippen LogP contribution is 2.50. The zero-order valence-electron chi connectivity index (χ0n) is 6.56. The summed E-state index contributed by atoms with van der Waals surface area (Å²) in [6.07, 6.45) is 1.56. The van der Waals surface area contributed by atoms with Gasteiger partial charge in [-0.2, -0.15) is 4.99 Å². The van der Waals surface area contributed by atoms with E-state index in [-0.39, 0.29) is 12.8 Å². The van der Waals surface area contributed by atoms with E-state index in [4.69, 9.17) is 10.2 Å². The van der Waals surface area contributed by atoms with Crippen LogP contribution in [0.1, 0.15) is 12.8 Å². The molecule has 1 rings (SSSR count). The van der Waals surface area contributed by atoms with Gasteiger partial charge in [-0.25, -0.2) is 9.59 Å². The molecule has 0 aromatic carbocycles. The molecule has 13 heavy (non-hydrogen) atoms. The Hall–Kier alpha value is -1.68. The van der Waals surface area contributed by atoms with Gasteiger partial charge in [0.15, 0.2) is 6.04 Å². The first-order valence-electron chi connectivity index (χ1n) is 3.58. The quantitative estimate of drug-likeness (QED) is 0.459. The summed E-state index contributed by atoms with van der Waals surface area (Å²) < 4.78 is 0. The number of isocyanates is 1. The minimum atomic E-state index is -1.50. The van der Waals surface area contributed by atoms with Crippen LogP contribution >= 0.6 is 0 Å². The first kappa shape index (κ1) is 9.41. The van der Waals surface area contributed by atoms with Gasteiger partial charge >= 0.3 is 11.9 Å². The van der Waals surface area contributed by atoms with Crippen LogP contribution in [0.2, 0.25) is 0 Å². The standard InChI is InChI=1S/C7H7NO5/c9-3-8-4(5(10)11)7(1-2-7)6(12)13/h4H,1-2H2,(H,10,11)(H,12,13). The molecule has 1 fully saturated rings. The third-order valence-corrected chi connectivity index (χ3v) is 2.15. The molecule has 0 bridgehead atoms. The molecule has 0 radical (unpaired) electrons. The van der Waals surface area contributed by atoms with Crippen molar-refractivity contribution in [2.24, 2.45) is 10.4 Å². The molecule has 6 heteroatoms. The van der Waals surface area contributed by atoms with Crippen LogP contribution in [0.3, 0.4) is 0 Å². The monoisotopic (exact) mass is 185 g/mol. The molecule has 70 valence electrons. The molecule has 0 spiro atoms. The van der Waals surface area contributed by atoms with Gasteiger partial charge in [-0.1, -0.05) is 0 Å². The lowest BCUT2D eigenvalue weighted by Gasteiger charge is -2.12. The Morgan fingerprint density at radius 3 is 2.15 bits per heavy atom. The van der Waals surface area contributed by atoms with Crippen LogP contribution in [0.25, 0.3) is 0 Å². The molecule has 0 saturated heterocycles. The normalized spacial score (nSPS) is 19.7. The molecular formula is C7H7NO5. The van der Waals surface area contributed by atoms with Crippen LogP contribution < -0.4 is 0 Å². The molecular weight excluding hydrogens is 178 g/mol. The Morgan fingerprint density at radius 2 is 1.92 bits per heavy atom. The van der Waals surface area contributed by atoms with Crippen molar-refractivity contribution in [1.29, 1.82) is 0 Å². The Bertz CT molecular complexity index is 298. The van der Waals surface area contributed by atoms with Gasteiger partial charge in [0.05, 0.1) is 0 Å². The van der Waals surface area contributed by atoms with Crippen molar-refractivity contribution in [2.75, 3.05) is 0 Å².